The van der Waals surface area contributed by atoms with Gasteiger partial charge in [0.25, 0.3) is 0 Å². The van der Waals surface area contributed by atoms with E-state index in [-0.39, 0.29) is 16.6 Å². The van der Waals surface area contributed by atoms with Gasteiger partial charge in [0.1, 0.15) is 0 Å². The Balaban J connectivity index is 3.25. The summed E-state index contributed by atoms with van der Waals surface area (Å²) in [7, 11) is 0. The Bertz CT molecular complexity index is 629. The van der Waals surface area contributed by atoms with Crippen LogP contribution in [0.1, 0.15) is 19.4 Å². The molecular formula is C12H11Cl2N3O4. The second-order valence-electron chi connectivity index (χ2n) is 3.71. The normalized spacial score (nSPS) is 12.0. The largest absolute Gasteiger partial charge is 0.379 e. The summed E-state index contributed by atoms with van der Waals surface area (Å²) in [5.41, 5.74) is 5.88. The van der Waals surface area contributed by atoms with E-state index in [1.165, 1.54) is 18.2 Å². The van der Waals surface area contributed by atoms with Gasteiger partial charge >= 0.3 is 11.9 Å². The molecule has 0 aliphatic heterocycles. The third-order valence-electron chi connectivity index (χ3n) is 1.97. The van der Waals surface area contributed by atoms with E-state index >= 15 is 0 Å². The number of nitrogens with zero attached hydrogens (tertiary/aromatic N) is 2. The number of rotatable bonds is 4. The molecule has 9 heteroatoms. The van der Waals surface area contributed by atoms with Gasteiger partial charge in [-0.15, -0.1) is 0 Å². The van der Waals surface area contributed by atoms with Crippen molar-refractivity contribution in [2.75, 3.05) is 0 Å². The highest BCUT2D eigenvalue weighted by molar-refractivity contribution is 6.50. The van der Waals surface area contributed by atoms with E-state index in [2.05, 4.69) is 20.0 Å². The Morgan fingerprint density at radius 2 is 1.67 bits per heavy atom. The van der Waals surface area contributed by atoms with Gasteiger partial charge in [0, 0.05) is 24.4 Å². The van der Waals surface area contributed by atoms with Crippen LogP contribution < -0.4 is 5.73 Å². The Morgan fingerprint density at radius 1 is 1.10 bits per heavy atom. The minimum atomic E-state index is -0.674. The quantitative estimate of drug-likeness (QED) is 0.393. The SMILES string of the molecule is CC(=O)O/N=C(N)/C(=N/OC(C)=O)c1ccc(Cl)cc1Cl. The summed E-state index contributed by atoms with van der Waals surface area (Å²) in [6, 6.07) is 4.48. The first-order valence-corrected chi connectivity index (χ1v) is 6.29. The highest BCUT2D eigenvalue weighted by Crippen LogP contribution is 2.22. The first-order chi connectivity index (χ1) is 9.81. The van der Waals surface area contributed by atoms with Gasteiger partial charge in [-0.25, -0.2) is 9.59 Å². The molecule has 21 heavy (non-hydrogen) atoms. The maximum atomic E-state index is 10.9. The van der Waals surface area contributed by atoms with Crippen molar-refractivity contribution in [3.63, 3.8) is 0 Å². The molecule has 1 aromatic carbocycles. The van der Waals surface area contributed by atoms with Gasteiger partial charge in [0.15, 0.2) is 11.5 Å². The molecule has 0 aliphatic rings. The van der Waals surface area contributed by atoms with E-state index in [0.717, 1.165) is 13.8 Å². The highest BCUT2D eigenvalue weighted by Gasteiger charge is 2.16. The van der Waals surface area contributed by atoms with Gasteiger partial charge in [-0.05, 0) is 18.2 Å². The van der Waals surface area contributed by atoms with Crippen LogP contribution in [0, 0.1) is 0 Å². The summed E-state index contributed by atoms with van der Waals surface area (Å²) in [5, 5.41) is 7.53. The number of hydrogen-bond donors (Lipinski definition) is 1. The molecule has 0 fully saturated rings. The van der Waals surface area contributed by atoms with Crippen molar-refractivity contribution in [2.45, 2.75) is 13.8 Å². The zero-order chi connectivity index (χ0) is 16.0. The average molecular weight is 332 g/mol. The van der Waals surface area contributed by atoms with Crippen LogP contribution in [-0.2, 0) is 19.3 Å². The van der Waals surface area contributed by atoms with E-state index in [9.17, 15) is 9.59 Å². The molecule has 0 aliphatic carbocycles. The van der Waals surface area contributed by atoms with Gasteiger partial charge in [-0.3, -0.25) is 0 Å². The summed E-state index contributed by atoms with van der Waals surface area (Å²) in [6.45, 7) is 2.30. The van der Waals surface area contributed by atoms with E-state index < -0.39 is 11.9 Å². The molecule has 0 amide bonds. The molecule has 0 bridgehead atoms. The monoisotopic (exact) mass is 331 g/mol. The van der Waals surface area contributed by atoms with Crippen LogP contribution in [0.3, 0.4) is 0 Å². The summed E-state index contributed by atoms with van der Waals surface area (Å²) < 4.78 is 0. The third-order valence-corrected chi connectivity index (χ3v) is 2.51. The lowest BCUT2D eigenvalue weighted by Crippen LogP contribution is -2.26. The Labute approximate surface area is 130 Å². The summed E-state index contributed by atoms with van der Waals surface area (Å²) >= 11 is 11.8. The van der Waals surface area contributed by atoms with Crippen LogP contribution in [0.2, 0.25) is 10.0 Å². The lowest BCUT2D eigenvalue weighted by molar-refractivity contribution is -0.142. The number of oxime groups is 2. The van der Waals surface area contributed by atoms with Crippen LogP contribution in [0.5, 0.6) is 0 Å². The zero-order valence-corrected chi connectivity index (χ0v) is 12.6. The number of amidine groups is 1. The van der Waals surface area contributed by atoms with Crippen LogP contribution in [-0.4, -0.2) is 23.5 Å². The standard InChI is InChI=1S/C12H11Cl2N3O4/c1-6(18)20-16-11(12(15)17-21-7(2)19)9-4-3-8(13)5-10(9)14/h3-5H,1-2H3,(H2,15,17)/b16-11+. The van der Waals surface area contributed by atoms with Crippen LogP contribution in [0.25, 0.3) is 0 Å². The van der Waals surface area contributed by atoms with Crippen molar-refractivity contribution in [3.05, 3.63) is 33.8 Å². The molecule has 0 saturated carbocycles. The van der Waals surface area contributed by atoms with Gasteiger partial charge < -0.3 is 15.4 Å². The highest BCUT2D eigenvalue weighted by atomic mass is 35.5. The number of carbonyl (C=O) groups excluding carboxylic acids is 2. The molecule has 1 aromatic rings. The molecule has 0 saturated heterocycles. The topological polar surface area (TPSA) is 103 Å². The third kappa shape index (κ3) is 5.41. The van der Waals surface area contributed by atoms with Crippen molar-refractivity contribution in [3.8, 4) is 0 Å². The molecule has 2 N–H and O–H groups in total. The average Bonchev–Trinajstić information content (AvgIpc) is 2.38. The molecule has 0 aromatic heterocycles. The minimum Gasteiger partial charge on any atom is -0.379 e. The molecule has 0 radical (unpaired) electrons. The zero-order valence-electron chi connectivity index (χ0n) is 11.1. The summed E-state index contributed by atoms with van der Waals surface area (Å²) in [6.07, 6.45) is 0. The van der Waals surface area contributed by atoms with E-state index in [4.69, 9.17) is 28.9 Å². The molecule has 0 unspecified atom stereocenters. The van der Waals surface area contributed by atoms with Crippen LogP contribution in [0.4, 0.5) is 0 Å². The fraction of sp³-hybridized carbons (Fsp3) is 0.167. The van der Waals surface area contributed by atoms with Crippen molar-refractivity contribution < 1.29 is 19.3 Å². The van der Waals surface area contributed by atoms with Crippen LogP contribution >= 0.6 is 23.2 Å². The first-order valence-electron chi connectivity index (χ1n) is 5.53. The lowest BCUT2D eigenvalue weighted by Gasteiger charge is -2.07. The Kier molecular flexibility index (Phi) is 6.13. The number of carbonyl (C=O) groups is 2. The van der Waals surface area contributed by atoms with E-state index in [1.807, 2.05) is 0 Å². The maximum absolute atomic E-state index is 10.9. The number of hydrogen-bond acceptors (Lipinski definition) is 6. The maximum Gasteiger partial charge on any atom is 0.332 e. The van der Waals surface area contributed by atoms with Gasteiger partial charge in [-0.2, -0.15) is 0 Å². The number of halogens is 2. The lowest BCUT2D eigenvalue weighted by atomic mass is 10.1. The fourth-order valence-electron chi connectivity index (χ4n) is 1.18. The fourth-order valence-corrected chi connectivity index (χ4v) is 1.68. The molecule has 1 rings (SSSR count). The predicted octanol–water partition coefficient (Wildman–Crippen LogP) is 2.10. The molecule has 0 heterocycles. The number of nitrogens with two attached hydrogens (primary N) is 1. The van der Waals surface area contributed by atoms with Crippen molar-refractivity contribution >= 4 is 46.7 Å². The second-order valence-corrected chi connectivity index (χ2v) is 4.55. The van der Waals surface area contributed by atoms with Gasteiger partial charge in [0.2, 0.25) is 0 Å². The van der Waals surface area contributed by atoms with Crippen molar-refractivity contribution in [1.82, 2.24) is 0 Å². The first kappa shape index (κ1) is 16.9. The predicted molar refractivity (Wildman–Crippen MR) is 78.2 cm³/mol. The summed E-state index contributed by atoms with van der Waals surface area (Å²) in [5.74, 6) is -1.64. The second kappa shape index (κ2) is 7.61. The van der Waals surface area contributed by atoms with Crippen LogP contribution in [0.15, 0.2) is 28.5 Å². The minimum absolute atomic E-state index is 0.0758. The summed E-state index contributed by atoms with van der Waals surface area (Å²) in [4.78, 5) is 30.5. The Hall–Kier alpha value is -2.12. The molecule has 7 nitrogen and oxygen atoms in total. The van der Waals surface area contributed by atoms with Crippen molar-refractivity contribution in [2.24, 2.45) is 16.0 Å². The van der Waals surface area contributed by atoms with Crippen molar-refractivity contribution in [1.29, 1.82) is 0 Å². The van der Waals surface area contributed by atoms with E-state index in [0.29, 0.717) is 10.6 Å². The molecular weight excluding hydrogens is 321 g/mol. The number of benzene rings is 1. The Morgan fingerprint density at radius 3 is 2.19 bits per heavy atom. The van der Waals surface area contributed by atoms with Gasteiger partial charge in [0.05, 0.1) is 5.02 Å². The van der Waals surface area contributed by atoms with E-state index in [1.54, 1.807) is 0 Å². The van der Waals surface area contributed by atoms with Gasteiger partial charge in [-0.1, -0.05) is 33.5 Å². The smallest absolute Gasteiger partial charge is 0.332 e. The molecule has 0 atom stereocenters. The molecule has 0 spiro atoms. The molecule has 112 valence electrons.